The number of nitrogens with one attached hydrogen (secondary N) is 1. The Morgan fingerprint density at radius 1 is 1.48 bits per heavy atom. The van der Waals surface area contributed by atoms with Crippen LogP contribution in [0.4, 0.5) is 4.39 Å². The van der Waals surface area contributed by atoms with Gasteiger partial charge in [0.1, 0.15) is 17.7 Å². The van der Waals surface area contributed by atoms with Crippen LogP contribution in [-0.4, -0.2) is 18.7 Å². The minimum absolute atomic E-state index is 0.0741. The minimum atomic E-state index is -0.451. The average molecular weight is 379 g/mol. The van der Waals surface area contributed by atoms with Crippen molar-refractivity contribution in [1.29, 1.82) is 0 Å². The first-order valence-electron chi connectivity index (χ1n) is 7.47. The van der Waals surface area contributed by atoms with Gasteiger partial charge in [0.2, 0.25) is 0 Å². The Labute approximate surface area is 139 Å². The highest BCUT2D eigenvalue weighted by atomic mass is 79.9. The molecule has 1 saturated carbocycles. The van der Waals surface area contributed by atoms with Crippen LogP contribution in [-0.2, 0) is 0 Å². The molecule has 2 nitrogen and oxygen atoms in total. The van der Waals surface area contributed by atoms with Gasteiger partial charge in [-0.05, 0) is 41.4 Å². The maximum Gasteiger partial charge on any atom is 0.145 e. The van der Waals surface area contributed by atoms with Gasteiger partial charge >= 0.3 is 0 Å². The van der Waals surface area contributed by atoms with Crippen LogP contribution >= 0.6 is 27.5 Å². The normalized spacial score (nSPS) is 28.3. The van der Waals surface area contributed by atoms with E-state index in [4.69, 9.17) is 16.3 Å². The molecule has 118 valence electrons. The molecule has 5 heteroatoms. The van der Waals surface area contributed by atoms with Crippen LogP contribution in [0.1, 0.15) is 40.0 Å². The molecule has 3 unspecified atom stereocenters. The molecule has 1 fully saturated rings. The third-order valence-corrected chi connectivity index (χ3v) is 5.54. The van der Waals surface area contributed by atoms with Crippen molar-refractivity contribution in [2.75, 3.05) is 6.54 Å². The topological polar surface area (TPSA) is 21.3 Å². The summed E-state index contributed by atoms with van der Waals surface area (Å²) in [5, 5.41) is 3.67. The molecule has 0 spiro atoms. The Bertz CT molecular complexity index is 513. The van der Waals surface area contributed by atoms with Crippen LogP contribution in [0.15, 0.2) is 16.6 Å². The van der Waals surface area contributed by atoms with Crippen molar-refractivity contribution < 1.29 is 9.13 Å². The average Bonchev–Trinajstić information content (AvgIpc) is 2.46. The standard InChI is InChI=1S/C16H22BrClFNO/c1-4-6-20-14-9-15(16(14,3)5-2)21-13-8-12(19)11(18)7-10(13)17/h7-8,14-15,20H,4-6,9H2,1-3H3. The Kier molecular flexibility index (Phi) is 5.55. The van der Waals surface area contributed by atoms with E-state index in [2.05, 4.69) is 42.0 Å². The van der Waals surface area contributed by atoms with Gasteiger partial charge in [0.25, 0.3) is 0 Å². The van der Waals surface area contributed by atoms with Gasteiger partial charge < -0.3 is 10.1 Å². The third kappa shape index (κ3) is 3.38. The molecule has 0 bridgehead atoms. The maximum absolute atomic E-state index is 13.6. The Morgan fingerprint density at radius 3 is 2.81 bits per heavy atom. The van der Waals surface area contributed by atoms with Gasteiger partial charge in [0.15, 0.2) is 0 Å². The molecule has 0 heterocycles. The molecule has 0 aliphatic heterocycles. The van der Waals surface area contributed by atoms with Gasteiger partial charge in [0, 0.05) is 23.9 Å². The van der Waals surface area contributed by atoms with E-state index in [0.717, 1.165) is 25.8 Å². The van der Waals surface area contributed by atoms with E-state index >= 15 is 0 Å². The monoisotopic (exact) mass is 377 g/mol. The maximum atomic E-state index is 13.6. The zero-order valence-electron chi connectivity index (χ0n) is 12.7. The molecule has 0 aromatic heterocycles. The van der Waals surface area contributed by atoms with Gasteiger partial charge in [-0.1, -0.05) is 32.4 Å². The number of ether oxygens (including phenoxy) is 1. The Hall–Kier alpha value is -0.320. The van der Waals surface area contributed by atoms with Crippen LogP contribution in [0.3, 0.4) is 0 Å². The van der Waals surface area contributed by atoms with Crippen molar-refractivity contribution >= 4 is 27.5 Å². The molecular weight excluding hydrogens is 357 g/mol. The van der Waals surface area contributed by atoms with Crippen LogP contribution in [0.25, 0.3) is 0 Å². The molecule has 1 aliphatic carbocycles. The molecule has 1 aromatic carbocycles. The lowest BCUT2D eigenvalue weighted by atomic mass is 9.61. The molecule has 1 aromatic rings. The molecule has 3 atom stereocenters. The molecule has 21 heavy (non-hydrogen) atoms. The first-order chi connectivity index (χ1) is 9.92. The van der Waals surface area contributed by atoms with E-state index < -0.39 is 5.82 Å². The van der Waals surface area contributed by atoms with Crippen molar-refractivity contribution in [3.8, 4) is 5.75 Å². The largest absolute Gasteiger partial charge is 0.488 e. The van der Waals surface area contributed by atoms with Gasteiger partial charge in [-0.3, -0.25) is 0 Å². The number of halogens is 3. The molecule has 1 aliphatic rings. The second-order valence-electron chi connectivity index (χ2n) is 5.91. The van der Waals surface area contributed by atoms with Crippen LogP contribution in [0.5, 0.6) is 5.75 Å². The van der Waals surface area contributed by atoms with Crippen molar-refractivity contribution in [1.82, 2.24) is 5.32 Å². The number of benzene rings is 1. The fourth-order valence-corrected chi connectivity index (χ4v) is 3.59. The zero-order chi connectivity index (χ0) is 15.6. The van der Waals surface area contributed by atoms with E-state index in [0.29, 0.717) is 16.3 Å². The highest BCUT2D eigenvalue weighted by Crippen LogP contribution is 2.47. The van der Waals surface area contributed by atoms with Gasteiger partial charge in [-0.25, -0.2) is 4.39 Å². The third-order valence-electron chi connectivity index (χ3n) is 4.63. The van der Waals surface area contributed by atoms with E-state index in [1.165, 1.54) is 6.07 Å². The summed E-state index contributed by atoms with van der Waals surface area (Å²) < 4.78 is 20.3. The zero-order valence-corrected chi connectivity index (χ0v) is 15.0. The van der Waals surface area contributed by atoms with Crippen molar-refractivity contribution in [3.63, 3.8) is 0 Å². The van der Waals surface area contributed by atoms with E-state index in [-0.39, 0.29) is 16.5 Å². The Morgan fingerprint density at radius 2 is 2.19 bits per heavy atom. The summed E-state index contributed by atoms with van der Waals surface area (Å²) in [6, 6.07) is 3.36. The predicted molar refractivity (Wildman–Crippen MR) is 88.6 cm³/mol. The summed E-state index contributed by atoms with van der Waals surface area (Å²) in [4.78, 5) is 0. The highest BCUT2D eigenvalue weighted by Gasteiger charge is 2.51. The summed E-state index contributed by atoms with van der Waals surface area (Å²) in [6.07, 6.45) is 3.18. The van der Waals surface area contributed by atoms with E-state index in [1.807, 2.05) is 0 Å². The summed E-state index contributed by atoms with van der Waals surface area (Å²) in [5.74, 6) is 0.0727. The minimum Gasteiger partial charge on any atom is -0.488 e. The molecule has 1 N–H and O–H groups in total. The predicted octanol–water partition coefficient (Wildman–Crippen LogP) is 5.18. The molecule has 0 saturated heterocycles. The number of hydrogen-bond donors (Lipinski definition) is 1. The first-order valence-corrected chi connectivity index (χ1v) is 8.64. The second kappa shape index (κ2) is 6.84. The van der Waals surface area contributed by atoms with Gasteiger partial charge in [-0.2, -0.15) is 0 Å². The second-order valence-corrected chi connectivity index (χ2v) is 7.17. The first kappa shape index (κ1) is 17.0. The van der Waals surface area contributed by atoms with Crippen molar-refractivity contribution in [3.05, 3.63) is 27.4 Å². The fraction of sp³-hybridized carbons (Fsp3) is 0.625. The number of rotatable bonds is 6. The van der Waals surface area contributed by atoms with Crippen LogP contribution < -0.4 is 10.1 Å². The summed E-state index contributed by atoms with van der Waals surface area (Å²) >= 11 is 9.15. The van der Waals surface area contributed by atoms with Crippen molar-refractivity contribution in [2.24, 2.45) is 5.41 Å². The SMILES string of the molecule is CCCNC1CC(Oc2cc(F)c(Cl)cc2Br)C1(C)CC. The van der Waals surface area contributed by atoms with Gasteiger partial charge in [0.05, 0.1) is 9.50 Å². The van der Waals surface area contributed by atoms with Crippen LogP contribution in [0, 0.1) is 11.2 Å². The lowest BCUT2D eigenvalue weighted by molar-refractivity contribution is -0.0705. The van der Waals surface area contributed by atoms with E-state index in [9.17, 15) is 4.39 Å². The summed E-state index contributed by atoms with van der Waals surface area (Å²) in [7, 11) is 0. The molecule has 0 radical (unpaired) electrons. The quantitative estimate of drug-likeness (QED) is 0.689. The highest BCUT2D eigenvalue weighted by molar-refractivity contribution is 9.10. The number of hydrogen-bond acceptors (Lipinski definition) is 2. The fourth-order valence-electron chi connectivity index (χ4n) is 2.86. The van der Waals surface area contributed by atoms with Crippen LogP contribution in [0.2, 0.25) is 5.02 Å². The lowest BCUT2D eigenvalue weighted by Gasteiger charge is -2.53. The lowest BCUT2D eigenvalue weighted by Crippen LogP contribution is -2.63. The molecule has 0 amide bonds. The molecule has 2 rings (SSSR count). The van der Waals surface area contributed by atoms with E-state index in [1.54, 1.807) is 6.07 Å². The Balaban J connectivity index is 2.09. The van der Waals surface area contributed by atoms with Crippen molar-refractivity contribution in [2.45, 2.75) is 52.2 Å². The molecular formula is C16H22BrClFNO. The summed E-state index contributed by atoms with van der Waals surface area (Å²) in [6.45, 7) is 7.59. The van der Waals surface area contributed by atoms with Gasteiger partial charge in [-0.15, -0.1) is 0 Å². The smallest absolute Gasteiger partial charge is 0.145 e. The summed E-state index contributed by atoms with van der Waals surface area (Å²) in [5.41, 5.74) is 0.0741.